The molecular weight excluding hydrogens is 268 g/mol. The minimum atomic E-state index is 0.315. The lowest BCUT2D eigenvalue weighted by molar-refractivity contribution is -0.131. The van der Waals surface area contributed by atoms with E-state index in [0.717, 1.165) is 44.6 Å². The Morgan fingerprint density at radius 2 is 2.00 bits per heavy atom. The third-order valence-corrected chi connectivity index (χ3v) is 5.77. The molecule has 3 nitrogen and oxygen atoms in total. The number of amides is 1. The van der Waals surface area contributed by atoms with Gasteiger partial charge in [-0.15, -0.1) is 0 Å². The Morgan fingerprint density at radius 1 is 1.30 bits per heavy atom. The molecule has 1 aliphatic heterocycles. The van der Waals surface area contributed by atoms with E-state index < -0.39 is 0 Å². The summed E-state index contributed by atoms with van der Waals surface area (Å²) in [6, 6.07) is 0. The second-order valence-electron chi connectivity index (χ2n) is 6.86. The van der Waals surface area contributed by atoms with Crippen molar-refractivity contribution >= 4 is 17.7 Å². The molecule has 0 aromatic carbocycles. The summed E-state index contributed by atoms with van der Waals surface area (Å²) in [7, 11) is 0. The van der Waals surface area contributed by atoms with Crippen molar-refractivity contribution in [1.82, 2.24) is 4.90 Å². The molecule has 1 aliphatic rings. The zero-order chi connectivity index (χ0) is 15.2. The summed E-state index contributed by atoms with van der Waals surface area (Å²) in [6.07, 6.45) is 3.81. The summed E-state index contributed by atoms with van der Waals surface area (Å²) in [4.78, 5) is 14.4. The maximum absolute atomic E-state index is 12.4. The van der Waals surface area contributed by atoms with E-state index >= 15 is 0 Å². The van der Waals surface area contributed by atoms with Gasteiger partial charge in [0.2, 0.25) is 5.91 Å². The van der Waals surface area contributed by atoms with Crippen molar-refractivity contribution in [2.24, 2.45) is 17.6 Å². The summed E-state index contributed by atoms with van der Waals surface area (Å²) in [5.41, 5.74) is 5.67. The molecular formula is C16H32N2OS. The smallest absolute Gasteiger partial charge is 0.222 e. The van der Waals surface area contributed by atoms with E-state index in [1.807, 2.05) is 11.8 Å². The van der Waals surface area contributed by atoms with Crippen LogP contribution in [0.4, 0.5) is 0 Å². The molecule has 2 N–H and O–H groups in total. The zero-order valence-electron chi connectivity index (χ0n) is 13.7. The van der Waals surface area contributed by atoms with Gasteiger partial charge in [0.15, 0.2) is 0 Å². The monoisotopic (exact) mass is 300 g/mol. The highest BCUT2D eigenvalue weighted by molar-refractivity contribution is 8.00. The highest BCUT2D eigenvalue weighted by Crippen LogP contribution is 2.31. The van der Waals surface area contributed by atoms with Gasteiger partial charge in [0.05, 0.1) is 0 Å². The maximum Gasteiger partial charge on any atom is 0.222 e. The van der Waals surface area contributed by atoms with Crippen LogP contribution in [-0.2, 0) is 4.79 Å². The summed E-state index contributed by atoms with van der Waals surface area (Å²) in [5, 5.41) is 0. The van der Waals surface area contributed by atoms with E-state index in [9.17, 15) is 4.79 Å². The largest absolute Gasteiger partial charge is 0.342 e. The van der Waals surface area contributed by atoms with Crippen molar-refractivity contribution in [1.29, 1.82) is 0 Å². The van der Waals surface area contributed by atoms with Crippen LogP contribution < -0.4 is 5.73 Å². The summed E-state index contributed by atoms with van der Waals surface area (Å²) >= 11 is 1.99. The molecule has 0 spiro atoms. The first kappa shape index (κ1) is 17.8. The lowest BCUT2D eigenvalue weighted by Crippen LogP contribution is -2.34. The molecule has 0 aromatic rings. The fourth-order valence-electron chi connectivity index (χ4n) is 2.76. The molecule has 20 heavy (non-hydrogen) atoms. The molecule has 0 saturated carbocycles. The fourth-order valence-corrected chi connectivity index (χ4v) is 3.86. The fraction of sp³-hybridized carbons (Fsp3) is 0.938. The maximum atomic E-state index is 12.4. The number of thioether (sulfide) groups is 1. The topological polar surface area (TPSA) is 46.3 Å². The van der Waals surface area contributed by atoms with Crippen LogP contribution in [0.15, 0.2) is 0 Å². The van der Waals surface area contributed by atoms with Gasteiger partial charge in [-0.25, -0.2) is 0 Å². The van der Waals surface area contributed by atoms with Crippen molar-refractivity contribution in [3.63, 3.8) is 0 Å². The number of nitrogens with zero attached hydrogens (tertiary/aromatic N) is 1. The predicted molar refractivity (Wildman–Crippen MR) is 89.0 cm³/mol. The minimum absolute atomic E-state index is 0.315. The second-order valence-corrected chi connectivity index (χ2v) is 8.66. The average molecular weight is 301 g/mol. The van der Waals surface area contributed by atoms with Gasteiger partial charge in [0.1, 0.15) is 0 Å². The summed E-state index contributed by atoms with van der Waals surface area (Å²) in [5.74, 6) is 2.60. The Balaban J connectivity index is 2.42. The van der Waals surface area contributed by atoms with Gasteiger partial charge in [-0.3, -0.25) is 4.79 Å². The van der Waals surface area contributed by atoms with E-state index in [0.29, 0.717) is 28.9 Å². The zero-order valence-corrected chi connectivity index (χ0v) is 14.5. The van der Waals surface area contributed by atoms with Gasteiger partial charge in [0.25, 0.3) is 0 Å². The van der Waals surface area contributed by atoms with Crippen LogP contribution in [0.1, 0.15) is 53.4 Å². The van der Waals surface area contributed by atoms with Gasteiger partial charge in [-0.1, -0.05) is 27.7 Å². The van der Waals surface area contributed by atoms with E-state index in [-0.39, 0.29) is 0 Å². The van der Waals surface area contributed by atoms with Gasteiger partial charge in [-0.05, 0) is 37.6 Å². The number of carbonyl (C=O) groups excluding carboxylic acids is 1. The van der Waals surface area contributed by atoms with Crippen LogP contribution in [0.5, 0.6) is 0 Å². The van der Waals surface area contributed by atoms with Crippen molar-refractivity contribution < 1.29 is 4.79 Å². The normalized spacial score (nSPS) is 20.8. The number of rotatable bonds is 6. The molecule has 1 fully saturated rings. The summed E-state index contributed by atoms with van der Waals surface area (Å²) < 4.78 is 0.315. The molecule has 1 atom stereocenters. The van der Waals surface area contributed by atoms with Crippen molar-refractivity contribution in [2.75, 3.05) is 25.4 Å². The third kappa shape index (κ3) is 6.04. The number of carbonyl (C=O) groups is 1. The second kappa shape index (κ2) is 8.28. The molecule has 1 amide bonds. The van der Waals surface area contributed by atoms with Crippen molar-refractivity contribution in [3.05, 3.63) is 0 Å². The molecule has 1 unspecified atom stereocenters. The van der Waals surface area contributed by atoms with Gasteiger partial charge in [-0.2, -0.15) is 11.8 Å². The van der Waals surface area contributed by atoms with Gasteiger partial charge >= 0.3 is 0 Å². The Kier molecular flexibility index (Phi) is 7.38. The average Bonchev–Trinajstić information content (AvgIpc) is 2.54. The summed E-state index contributed by atoms with van der Waals surface area (Å²) in [6.45, 7) is 11.6. The Bertz CT molecular complexity index is 305. The predicted octanol–water partition coefficient (Wildman–Crippen LogP) is 3.13. The third-order valence-electron chi connectivity index (χ3n) is 4.40. The number of hydrogen-bond donors (Lipinski definition) is 1. The Morgan fingerprint density at radius 3 is 2.60 bits per heavy atom. The molecule has 0 aromatic heterocycles. The lowest BCUT2D eigenvalue weighted by Gasteiger charge is -2.24. The van der Waals surface area contributed by atoms with Crippen LogP contribution in [0, 0.1) is 11.8 Å². The van der Waals surface area contributed by atoms with Crippen LogP contribution >= 0.6 is 11.8 Å². The first-order valence-electron chi connectivity index (χ1n) is 7.97. The first-order chi connectivity index (χ1) is 9.35. The standard InChI is InChI=1S/C16H32N2OS/c1-13(2)14(7-9-17)5-6-15(19)18-10-8-16(3,4)20-12-11-18/h13-14H,5-12,17H2,1-4H3. The number of hydrogen-bond acceptors (Lipinski definition) is 3. The van der Waals surface area contributed by atoms with Crippen molar-refractivity contribution in [2.45, 2.75) is 58.1 Å². The molecule has 1 saturated heterocycles. The molecule has 1 heterocycles. The van der Waals surface area contributed by atoms with Crippen LogP contribution in [-0.4, -0.2) is 40.9 Å². The highest BCUT2D eigenvalue weighted by atomic mass is 32.2. The molecule has 1 rings (SSSR count). The van der Waals surface area contributed by atoms with Crippen molar-refractivity contribution in [3.8, 4) is 0 Å². The SMILES string of the molecule is CC(C)C(CCN)CCC(=O)N1CCSC(C)(C)CC1. The van der Waals surface area contributed by atoms with Crippen LogP contribution in [0.25, 0.3) is 0 Å². The molecule has 4 heteroatoms. The van der Waals surface area contributed by atoms with E-state index in [1.165, 1.54) is 0 Å². The molecule has 0 radical (unpaired) electrons. The molecule has 0 aliphatic carbocycles. The Labute approximate surface area is 129 Å². The molecule has 118 valence electrons. The van der Waals surface area contributed by atoms with Crippen LogP contribution in [0.2, 0.25) is 0 Å². The van der Waals surface area contributed by atoms with Gasteiger partial charge < -0.3 is 10.6 Å². The van der Waals surface area contributed by atoms with E-state index in [2.05, 4.69) is 32.6 Å². The van der Waals surface area contributed by atoms with Crippen LogP contribution in [0.3, 0.4) is 0 Å². The lowest BCUT2D eigenvalue weighted by atomic mass is 9.88. The van der Waals surface area contributed by atoms with Gasteiger partial charge in [0, 0.05) is 30.0 Å². The Hall–Kier alpha value is -0.220. The quantitative estimate of drug-likeness (QED) is 0.820. The van der Waals surface area contributed by atoms with E-state index in [4.69, 9.17) is 5.73 Å². The first-order valence-corrected chi connectivity index (χ1v) is 8.96. The molecule has 0 bridgehead atoms. The highest BCUT2D eigenvalue weighted by Gasteiger charge is 2.26. The van der Waals surface area contributed by atoms with E-state index in [1.54, 1.807) is 0 Å². The number of nitrogens with two attached hydrogens (primary N) is 1. The minimum Gasteiger partial charge on any atom is -0.342 e.